The molecule has 0 amide bonds. The summed E-state index contributed by atoms with van der Waals surface area (Å²) in [5, 5.41) is 17.4. The molecule has 0 saturated carbocycles. The third-order valence-corrected chi connectivity index (χ3v) is 7.88. The first-order chi connectivity index (χ1) is 17.4. The fourth-order valence-corrected chi connectivity index (χ4v) is 5.82. The van der Waals surface area contributed by atoms with Crippen molar-refractivity contribution in [1.82, 2.24) is 19.4 Å². The van der Waals surface area contributed by atoms with Gasteiger partial charge in [-0.25, -0.2) is 9.97 Å². The predicted octanol–water partition coefficient (Wildman–Crippen LogP) is 6.50. The van der Waals surface area contributed by atoms with Crippen molar-refractivity contribution in [3.8, 4) is 11.5 Å². The number of thiophene rings is 1. The molecular formula is C27H26ClN5O2S. The average molecular weight is 520 g/mol. The van der Waals surface area contributed by atoms with E-state index in [-0.39, 0.29) is 5.41 Å². The number of anilines is 2. The van der Waals surface area contributed by atoms with Gasteiger partial charge in [-0.1, -0.05) is 31.5 Å². The highest BCUT2D eigenvalue weighted by atomic mass is 35.5. The van der Waals surface area contributed by atoms with Crippen LogP contribution in [0.3, 0.4) is 0 Å². The molecule has 1 aliphatic rings. The number of hydrogen-bond donors (Lipinski definition) is 2. The van der Waals surface area contributed by atoms with Gasteiger partial charge in [-0.05, 0) is 47.8 Å². The van der Waals surface area contributed by atoms with Gasteiger partial charge >= 0.3 is 0 Å². The third-order valence-electron chi connectivity index (χ3n) is 6.70. The molecule has 1 unspecified atom stereocenters. The second kappa shape index (κ2) is 9.05. The molecule has 36 heavy (non-hydrogen) atoms. The lowest BCUT2D eigenvalue weighted by Gasteiger charge is -2.51. The molecule has 2 N–H and O–H groups in total. The quantitative estimate of drug-likeness (QED) is 0.256. The van der Waals surface area contributed by atoms with Crippen LogP contribution < -0.4 is 10.1 Å². The Morgan fingerprint density at radius 3 is 2.83 bits per heavy atom. The van der Waals surface area contributed by atoms with Gasteiger partial charge in [0.15, 0.2) is 5.82 Å². The summed E-state index contributed by atoms with van der Waals surface area (Å²) in [6.07, 6.45) is 3.15. The van der Waals surface area contributed by atoms with Gasteiger partial charge < -0.3 is 19.7 Å². The monoisotopic (exact) mass is 519 g/mol. The Morgan fingerprint density at radius 1 is 1.14 bits per heavy atom. The minimum absolute atomic E-state index is 0.0556. The number of nitrogens with one attached hydrogen (secondary N) is 1. The molecule has 1 saturated heterocycles. The topological polar surface area (TPSA) is 75.4 Å². The molecule has 4 heterocycles. The zero-order valence-corrected chi connectivity index (χ0v) is 21.6. The molecule has 1 aliphatic heterocycles. The van der Waals surface area contributed by atoms with E-state index in [1.165, 1.54) is 4.70 Å². The van der Waals surface area contributed by atoms with E-state index in [1.807, 2.05) is 42.6 Å². The lowest BCUT2D eigenvalue weighted by molar-refractivity contribution is -0.177. The van der Waals surface area contributed by atoms with E-state index in [9.17, 15) is 5.11 Å². The Balaban J connectivity index is 1.21. The van der Waals surface area contributed by atoms with Crippen LogP contribution in [0.5, 0.6) is 11.5 Å². The van der Waals surface area contributed by atoms with Crippen LogP contribution in [0.4, 0.5) is 11.5 Å². The summed E-state index contributed by atoms with van der Waals surface area (Å²) in [6, 6.07) is 15.7. The molecule has 6 rings (SSSR count). The van der Waals surface area contributed by atoms with Gasteiger partial charge in [0.05, 0.1) is 10.5 Å². The number of ether oxygens (including phenoxy) is 1. The smallest absolute Gasteiger partial charge is 0.158 e. The highest BCUT2D eigenvalue weighted by Crippen LogP contribution is 2.38. The van der Waals surface area contributed by atoms with Crippen LogP contribution in [0.1, 0.15) is 13.8 Å². The van der Waals surface area contributed by atoms with E-state index < -0.39 is 6.23 Å². The minimum atomic E-state index is -0.414. The number of aliphatic hydroxyl groups excluding tert-OH is 1. The number of fused-ring (bicyclic) bond motifs is 2. The molecule has 184 valence electrons. The number of benzene rings is 2. The van der Waals surface area contributed by atoms with Crippen LogP contribution in [0.15, 0.2) is 66.4 Å². The van der Waals surface area contributed by atoms with Crippen LogP contribution in [0.25, 0.3) is 21.1 Å². The van der Waals surface area contributed by atoms with Crippen molar-refractivity contribution in [3.05, 3.63) is 71.5 Å². The van der Waals surface area contributed by atoms with Crippen molar-refractivity contribution in [1.29, 1.82) is 0 Å². The minimum Gasteiger partial charge on any atom is -0.455 e. The van der Waals surface area contributed by atoms with Crippen molar-refractivity contribution < 1.29 is 9.84 Å². The average Bonchev–Trinajstić information content (AvgIpc) is 3.51. The molecule has 1 atom stereocenters. The molecular weight excluding hydrogens is 494 g/mol. The Labute approximate surface area is 217 Å². The summed E-state index contributed by atoms with van der Waals surface area (Å²) < 4.78 is 9.44. The lowest BCUT2D eigenvalue weighted by atomic mass is 9.82. The number of likely N-dealkylation sites (tertiary alicyclic amines) is 1. The van der Waals surface area contributed by atoms with Crippen molar-refractivity contribution in [2.45, 2.75) is 26.6 Å². The highest BCUT2D eigenvalue weighted by Gasteiger charge is 2.43. The zero-order chi connectivity index (χ0) is 24.9. The van der Waals surface area contributed by atoms with Crippen LogP contribution >= 0.6 is 22.9 Å². The second-order valence-corrected chi connectivity index (χ2v) is 11.1. The maximum atomic E-state index is 10.4. The lowest BCUT2D eigenvalue weighted by Crippen LogP contribution is -2.62. The van der Waals surface area contributed by atoms with Gasteiger partial charge in [0.25, 0.3) is 0 Å². The van der Waals surface area contributed by atoms with Crippen molar-refractivity contribution in [2.75, 3.05) is 18.4 Å². The summed E-state index contributed by atoms with van der Waals surface area (Å²) >= 11 is 8.29. The molecule has 0 spiro atoms. The highest BCUT2D eigenvalue weighted by molar-refractivity contribution is 7.17. The van der Waals surface area contributed by atoms with Crippen molar-refractivity contribution in [3.63, 3.8) is 0 Å². The number of nitrogens with zero attached hydrogens (tertiary/aromatic N) is 4. The molecule has 0 bridgehead atoms. The fraction of sp³-hybridized carbons (Fsp3) is 0.259. The van der Waals surface area contributed by atoms with Gasteiger partial charge in [0.2, 0.25) is 0 Å². The predicted molar refractivity (Wildman–Crippen MR) is 146 cm³/mol. The normalized spacial score (nSPS) is 17.4. The van der Waals surface area contributed by atoms with E-state index >= 15 is 0 Å². The Bertz CT molecular complexity index is 1560. The van der Waals surface area contributed by atoms with Gasteiger partial charge in [-0.15, -0.1) is 11.3 Å². The first-order valence-corrected chi connectivity index (χ1v) is 13.1. The van der Waals surface area contributed by atoms with Crippen molar-refractivity contribution in [2.24, 2.45) is 5.41 Å². The molecule has 5 aromatic rings. The molecule has 9 heteroatoms. The molecule has 1 fully saturated rings. The molecule has 0 aliphatic carbocycles. The first kappa shape index (κ1) is 23.2. The molecule has 3 aromatic heterocycles. The zero-order valence-electron chi connectivity index (χ0n) is 20.0. The Kier molecular flexibility index (Phi) is 5.84. The van der Waals surface area contributed by atoms with E-state index in [1.54, 1.807) is 17.7 Å². The SMILES string of the molecule is CC1(C)CN(CCn2ccc3ncnc(Nc4ccc(Oc5cccc6sccc56)c(Cl)c4)c32)C1O. The Hall–Kier alpha value is -3.17. The van der Waals surface area contributed by atoms with Gasteiger partial charge in [0.1, 0.15) is 29.6 Å². The Morgan fingerprint density at radius 2 is 2.03 bits per heavy atom. The van der Waals surface area contributed by atoms with E-state index in [0.717, 1.165) is 47.5 Å². The number of hydrogen-bond acceptors (Lipinski definition) is 7. The van der Waals surface area contributed by atoms with Gasteiger partial charge in [-0.2, -0.15) is 0 Å². The summed E-state index contributed by atoms with van der Waals surface area (Å²) in [6.45, 7) is 6.51. The van der Waals surface area contributed by atoms with Gasteiger partial charge in [-0.3, -0.25) is 4.90 Å². The summed E-state index contributed by atoms with van der Waals surface area (Å²) in [7, 11) is 0. The van der Waals surface area contributed by atoms with E-state index in [0.29, 0.717) is 16.6 Å². The molecule has 2 aromatic carbocycles. The maximum Gasteiger partial charge on any atom is 0.158 e. The number of aromatic nitrogens is 3. The van der Waals surface area contributed by atoms with Crippen LogP contribution in [-0.2, 0) is 6.54 Å². The molecule has 0 radical (unpaired) electrons. The number of rotatable bonds is 7. The molecule has 7 nitrogen and oxygen atoms in total. The van der Waals surface area contributed by atoms with Crippen LogP contribution in [0, 0.1) is 5.41 Å². The van der Waals surface area contributed by atoms with Crippen LogP contribution in [-0.4, -0.2) is 43.9 Å². The number of halogens is 1. The summed E-state index contributed by atoms with van der Waals surface area (Å²) in [4.78, 5) is 11.0. The largest absolute Gasteiger partial charge is 0.455 e. The van der Waals surface area contributed by atoms with Crippen molar-refractivity contribution >= 4 is 55.6 Å². The standard InChI is InChI=1S/C27H26ClN5O2S/c1-27(2)15-33(26(27)34)12-11-32-10-8-20-24(32)25(30-16-29-20)31-17-6-7-22(19(28)14-17)35-21-4-3-5-23-18(21)9-13-36-23/h3-10,13-14,16,26,34H,11-12,15H2,1-2H3,(H,29,30,31). The second-order valence-electron chi connectivity index (χ2n) is 9.76. The van der Waals surface area contributed by atoms with E-state index in [2.05, 4.69) is 56.1 Å². The van der Waals surface area contributed by atoms with E-state index in [4.69, 9.17) is 16.3 Å². The van der Waals surface area contributed by atoms with Gasteiger partial charge in [0, 0.05) is 47.0 Å². The first-order valence-electron chi connectivity index (χ1n) is 11.8. The number of aliphatic hydroxyl groups is 1. The van der Waals surface area contributed by atoms with Crippen LogP contribution in [0.2, 0.25) is 5.02 Å². The summed E-state index contributed by atoms with van der Waals surface area (Å²) in [5.41, 5.74) is 2.51. The third kappa shape index (κ3) is 4.20. The summed E-state index contributed by atoms with van der Waals surface area (Å²) in [5.74, 6) is 2.07. The fourth-order valence-electron chi connectivity index (χ4n) is 4.79. The maximum absolute atomic E-state index is 10.4.